The molecule has 2 aromatic rings. The molecular weight excluding hydrogens is 365 g/mol. The van der Waals surface area contributed by atoms with E-state index in [4.69, 9.17) is 0 Å². The van der Waals surface area contributed by atoms with E-state index in [1.54, 1.807) is 24.3 Å². The molecule has 1 atom stereocenters. The van der Waals surface area contributed by atoms with Crippen molar-refractivity contribution in [3.63, 3.8) is 0 Å². The molecule has 1 N–H and O–H groups in total. The smallest absolute Gasteiger partial charge is 0.302 e. The van der Waals surface area contributed by atoms with Gasteiger partial charge in [0.05, 0.1) is 18.2 Å². The van der Waals surface area contributed by atoms with Gasteiger partial charge in [0.2, 0.25) is 0 Å². The number of nitrogens with one attached hydrogen (secondary N) is 1. The molecule has 0 aliphatic carbocycles. The largest absolute Gasteiger partial charge is 0.416 e. The SMILES string of the molecule is O=C(CCc1cccc(-c2ccc(C(F)(F)F)cc2)c1)[C@@H]1CC(F)(F)CN1. The van der Waals surface area contributed by atoms with Gasteiger partial charge < -0.3 is 5.32 Å². The minimum atomic E-state index is -4.38. The Kier molecular flexibility index (Phi) is 5.33. The summed E-state index contributed by atoms with van der Waals surface area (Å²) < 4.78 is 64.3. The number of carbonyl (C=O) groups excluding carboxylic acids is 1. The van der Waals surface area contributed by atoms with E-state index in [9.17, 15) is 26.7 Å². The third-order valence-electron chi connectivity index (χ3n) is 4.63. The highest BCUT2D eigenvalue weighted by Crippen LogP contribution is 2.31. The predicted molar refractivity (Wildman–Crippen MR) is 91.6 cm³/mol. The average Bonchev–Trinajstić information content (AvgIpc) is 2.99. The number of halogens is 5. The molecular formula is C20H18F5NO. The number of rotatable bonds is 5. The first-order valence-corrected chi connectivity index (χ1v) is 8.55. The maximum Gasteiger partial charge on any atom is 0.416 e. The van der Waals surface area contributed by atoms with Crippen LogP contribution in [0.1, 0.15) is 24.0 Å². The van der Waals surface area contributed by atoms with E-state index >= 15 is 0 Å². The third-order valence-corrected chi connectivity index (χ3v) is 4.63. The molecule has 7 heteroatoms. The van der Waals surface area contributed by atoms with Crippen molar-refractivity contribution in [2.24, 2.45) is 0 Å². The van der Waals surface area contributed by atoms with Crippen molar-refractivity contribution in [2.75, 3.05) is 6.54 Å². The van der Waals surface area contributed by atoms with Crippen molar-refractivity contribution >= 4 is 5.78 Å². The van der Waals surface area contributed by atoms with Gasteiger partial charge in [-0.15, -0.1) is 0 Å². The fourth-order valence-electron chi connectivity index (χ4n) is 3.14. The molecule has 2 nitrogen and oxygen atoms in total. The van der Waals surface area contributed by atoms with Gasteiger partial charge in [0, 0.05) is 12.8 Å². The first-order valence-electron chi connectivity index (χ1n) is 8.55. The number of alkyl halides is 5. The molecule has 1 saturated heterocycles. The minimum absolute atomic E-state index is 0.129. The fraction of sp³-hybridized carbons (Fsp3) is 0.350. The summed E-state index contributed by atoms with van der Waals surface area (Å²) >= 11 is 0. The maximum atomic E-state index is 13.2. The Balaban J connectivity index is 1.65. The molecule has 1 aliphatic rings. The van der Waals surface area contributed by atoms with Gasteiger partial charge in [0.1, 0.15) is 5.78 Å². The van der Waals surface area contributed by atoms with E-state index < -0.39 is 36.7 Å². The van der Waals surface area contributed by atoms with Gasteiger partial charge in [0.25, 0.3) is 5.92 Å². The summed E-state index contributed by atoms with van der Waals surface area (Å²) in [5.41, 5.74) is 1.48. The Morgan fingerprint density at radius 2 is 1.78 bits per heavy atom. The lowest BCUT2D eigenvalue weighted by Crippen LogP contribution is -2.30. The summed E-state index contributed by atoms with van der Waals surface area (Å²) in [5, 5.41) is 2.55. The topological polar surface area (TPSA) is 29.1 Å². The zero-order valence-corrected chi connectivity index (χ0v) is 14.3. The van der Waals surface area contributed by atoms with E-state index in [2.05, 4.69) is 5.32 Å². The Morgan fingerprint density at radius 3 is 2.37 bits per heavy atom. The average molecular weight is 383 g/mol. The van der Waals surface area contributed by atoms with Crippen LogP contribution in [-0.2, 0) is 17.4 Å². The third kappa shape index (κ3) is 4.91. The van der Waals surface area contributed by atoms with Gasteiger partial charge in [-0.25, -0.2) is 8.78 Å². The van der Waals surface area contributed by atoms with E-state index in [0.717, 1.165) is 23.3 Å². The predicted octanol–water partition coefficient (Wildman–Crippen LogP) is 4.87. The second-order valence-electron chi connectivity index (χ2n) is 6.74. The van der Waals surface area contributed by atoms with Crippen LogP contribution in [0.5, 0.6) is 0 Å². The van der Waals surface area contributed by atoms with Crippen LogP contribution >= 0.6 is 0 Å². The zero-order valence-electron chi connectivity index (χ0n) is 14.3. The highest BCUT2D eigenvalue weighted by atomic mass is 19.4. The number of carbonyl (C=O) groups is 1. The van der Waals surface area contributed by atoms with Crippen LogP contribution in [0.2, 0.25) is 0 Å². The quantitative estimate of drug-likeness (QED) is 0.747. The molecule has 0 bridgehead atoms. The highest BCUT2D eigenvalue weighted by molar-refractivity contribution is 5.84. The van der Waals surface area contributed by atoms with Gasteiger partial charge in [-0.3, -0.25) is 4.79 Å². The summed E-state index contributed by atoms with van der Waals surface area (Å²) in [7, 11) is 0. The van der Waals surface area contributed by atoms with Crippen LogP contribution in [0.4, 0.5) is 22.0 Å². The molecule has 3 rings (SSSR count). The van der Waals surface area contributed by atoms with Crippen molar-refractivity contribution in [1.82, 2.24) is 5.32 Å². The Labute approximate surface area is 153 Å². The number of hydrogen-bond acceptors (Lipinski definition) is 2. The summed E-state index contributed by atoms with van der Waals surface area (Å²) in [6.07, 6.45) is -4.34. The molecule has 2 aromatic carbocycles. The Morgan fingerprint density at radius 1 is 1.07 bits per heavy atom. The van der Waals surface area contributed by atoms with Crippen LogP contribution in [0.25, 0.3) is 11.1 Å². The van der Waals surface area contributed by atoms with Crippen molar-refractivity contribution in [1.29, 1.82) is 0 Å². The van der Waals surface area contributed by atoms with Gasteiger partial charge in [-0.05, 0) is 35.2 Å². The molecule has 0 spiro atoms. The first-order chi connectivity index (χ1) is 12.6. The summed E-state index contributed by atoms with van der Waals surface area (Å²) in [5.74, 6) is -3.10. The molecule has 144 valence electrons. The second-order valence-corrected chi connectivity index (χ2v) is 6.74. The lowest BCUT2D eigenvalue weighted by atomic mass is 9.98. The molecule has 0 aromatic heterocycles. The van der Waals surface area contributed by atoms with Crippen LogP contribution in [-0.4, -0.2) is 24.3 Å². The van der Waals surface area contributed by atoms with Crippen LogP contribution in [0, 0.1) is 0 Å². The lowest BCUT2D eigenvalue weighted by Gasteiger charge is -2.10. The number of Topliss-reactive ketones (excluding diaryl/α,β-unsaturated/α-hetero) is 1. The minimum Gasteiger partial charge on any atom is -0.302 e. The van der Waals surface area contributed by atoms with Gasteiger partial charge in [-0.2, -0.15) is 13.2 Å². The molecule has 0 saturated carbocycles. The van der Waals surface area contributed by atoms with Crippen LogP contribution < -0.4 is 5.32 Å². The highest BCUT2D eigenvalue weighted by Gasteiger charge is 2.41. The molecule has 0 radical (unpaired) electrons. The normalized spacial score (nSPS) is 19.2. The molecule has 27 heavy (non-hydrogen) atoms. The Hall–Kier alpha value is -2.28. The zero-order chi connectivity index (χ0) is 19.7. The summed E-state index contributed by atoms with van der Waals surface area (Å²) in [4.78, 5) is 12.1. The lowest BCUT2D eigenvalue weighted by molar-refractivity contribution is -0.137. The number of aryl methyl sites for hydroxylation is 1. The van der Waals surface area contributed by atoms with Gasteiger partial charge in [0.15, 0.2) is 0 Å². The van der Waals surface area contributed by atoms with Crippen LogP contribution in [0.15, 0.2) is 48.5 Å². The van der Waals surface area contributed by atoms with E-state index in [0.29, 0.717) is 12.0 Å². The van der Waals surface area contributed by atoms with E-state index in [1.807, 2.05) is 0 Å². The molecule has 1 fully saturated rings. The Bertz CT molecular complexity index is 814. The molecule has 1 aliphatic heterocycles. The number of hydrogen-bond donors (Lipinski definition) is 1. The van der Waals surface area contributed by atoms with E-state index in [-0.39, 0.29) is 12.2 Å². The van der Waals surface area contributed by atoms with Crippen molar-refractivity contribution in [2.45, 2.75) is 37.4 Å². The second kappa shape index (κ2) is 7.38. The van der Waals surface area contributed by atoms with Gasteiger partial charge >= 0.3 is 6.18 Å². The summed E-state index contributed by atoms with van der Waals surface area (Å²) in [6.45, 7) is -0.479. The standard InChI is InChI=1S/C20H18F5NO/c21-19(22)11-17(26-12-19)18(27)9-4-13-2-1-3-15(10-13)14-5-7-16(8-6-14)20(23,24)25/h1-3,5-8,10,17,26H,4,9,11-12H2/t17-/m0/s1. The number of benzene rings is 2. The first kappa shape index (κ1) is 19.5. The molecule has 0 unspecified atom stereocenters. The molecule has 1 heterocycles. The summed E-state index contributed by atoms with van der Waals surface area (Å²) in [6, 6.07) is 11.2. The van der Waals surface area contributed by atoms with Crippen LogP contribution in [0.3, 0.4) is 0 Å². The van der Waals surface area contributed by atoms with E-state index in [1.165, 1.54) is 12.1 Å². The monoisotopic (exact) mass is 383 g/mol. The maximum absolute atomic E-state index is 13.2. The number of ketones is 1. The molecule has 0 amide bonds. The van der Waals surface area contributed by atoms with Crippen molar-refractivity contribution in [3.8, 4) is 11.1 Å². The van der Waals surface area contributed by atoms with Gasteiger partial charge in [-0.1, -0.05) is 36.4 Å². The van der Waals surface area contributed by atoms with Crippen molar-refractivity contribution < 1.29 is 26.7 Å². The fourth-order valence-corrected chi connectivity index (χ4v) is 3.14. The van der Waals surface area contributed by atoms with Crippen molar-refractivity contribution in [3.05, 3.63) is 59.7 Å².